The van der Waals surface area contributed by atoms with E-state index < -0.39 is 0 Å². The van der Waals surface area contributed by atoms with Gasteiger partial charge in [-0.05, 0) is 0 Å². The van der Waals surface area contributed by atoms with Crippen molar-refractivity contribution in [2.24, 2.45) is 0 Å². The number of nitrogens with zero attached hydrogens (tertiary/aromatic N) is 2. The third-order valence-electron chi connectivity index (χ3n) is 0.583. The lowest BCUT2D eigenvalue weighted by molar-refractivity contribution is 1.21. The monoisotopic (exact) mass is 167 g/mol. The summed E-state index contributed by atoms with van der Waals surface area (Å²) in [5, 5.41) is 0. The molecule has 0 spiro atoms. The van der Waals surface area contributed by atoms with Gasteiger partial charge in [0.1, 0.15) is 5.82 Å². The van der Waals surface area contributed by atoms with Gasteiger partial charge in [-0.25, -0.2) is 4.98 Å². The molecular weight excluding hydrogens is 161 g/mol. The number of aromatic nitrogens is 2. The van der Waals surface area contributed by atoms with Gasteiger partial charge in [-0.2, -0.15) is 0 Å². The molecule has 0 saturated heterocycles. The molecule has 0 aromatic carbocycles. The van der Waals surface area contributed by atoms with Crippen molar-refractivity contribution in [3.63, 3.8) is 0 Å². The zero-order chi connectivity index (χ0) is 5.11. The average Bonchev–Trinajstić information content (AvgIpc) is 1.69. The Hall–Kier alpha value is -0.540. The normalized spacial score (nSPS) is 6.67. The second-order valence-electron chi connectivity index (χ2n) is 1.13. The Balaban J connectivity index is 0. The van der Waals surface area contributed by atoms with Crippen LogP contribution in [0.15, 0.2) is 18.6 Å². The predicted molar refractivity (Wildman–Crippen MR) is 40.9 cm³/mol. The quantitative estimate of drug-likeness (QED) is 0.626. The minimum Gasteiger partial charge on any atom is -0.382 e. The van der Waals surface area contributed by atoms with Crippen LogP contribution >= 0.6 is 24.8 Å². The van der Waals surface area contributed by atoms with Gasteiger partial charge in [0.15, 0.2) is 0 Å². The van der Waals surface area contributed by atoms with Crippen molar-refractivity contribution >= 4 is 30.6 Å². The molecule has 0 aliphatic rings. The highest BCUT2D eigenvalue weighted by atomic mass is 35.5. The summed E-state index contributed by atoms with van der Waals surface area (Å²) >= 11 is 0. The Bertz CT molecular complexity index is 144. The maximum Gasteiger partial charge on any atom is 0.141 e. The number of hydrogen-bond acceptors (Lipinski definition) is 3. The third-order valence-corrected chi connectivity index (χ3v) is 0.583. The van der Waals surface area contributed by atoms with Crippen LogP contribution in [-0.4, -0.2) is 9.97 Å². The standard InChI is InChI=1S/C4H5N3.2ClH/c5-4-3-6-1-2-7-4;;/h1-3H,(H2,5,7);2*1H. The highest BCUT2D eigenvalue weighted by molar-refractivity contribution is 5.85. The Morgan fingerprint density at radius 3 is 2.11 bits per heavy atom. The molecule has 1 heterocycles. The summed E-state index contributed by atoms with van der Waals surface area (Å²) in [4.78, 5) is 7.39. The number of hydrogen-bond donors (Lipinski definition) is 1. The molecular formula is C4H7Cl2N3. The van der Waals surface area contributed by atoms with Crippen molar-refractivity contribution in [2.45, 2.75) is 0 Å². The van der Waals surface area contributed by atoms with Crippen molar-refractivity contribution in [3.05, 3.63) is 18.6 Å². The molecule has 0 saturated carbocycles. The summed E-state index contributed by atoms with van der Waals surface area (Å²) < 4.78 is 0. The van der Waals surface area contributed by atoms with E-state index in [-0.39, 0.29) is 24.8 Å². The minimum atomic E-state index is 0. The molecule has 1 aromatic rings. The predicted octanol–water partition coefficient (Wildman–Crippen LogP) is 0.902. The fourth-order valence-electron chi connectivity index (χ4n) is 0.311. The van der Waals surface area contributed by atoms with Crippen LogP contribution in [0.1, 0.15) is 0 Å². The van der Waals surface area contributed by atoms with Crippen molar-refractivity contribution in [1.29, 1.82) is 0 Å². The first-order valence-corrected chi connectivity index (χ1v) is 1.91. The van der Waals surface area contributed by atoms with E-state index in [1.807, 2.05) is 0 Å². The van der Waals surface area contributed by atoms with Crippen LogP contribution in [0, 0.1) is 0 Å². The number of rotatable bonds is 0. The Labute approximate surface area is 65.5 Å². The van der Waals surface area contributed by atoms with E-state index >= 15 is 0 Å². The Morgan fingerprint density at radius 1 is 1.22 bits per heavy atom. The van der Waals surface area contributed by atoms with Gasteiger partial charge < -0.3 is 5.73 Å². The Morgan fingerprint density at radius 2 is 1.89 bits per heavy atom. The molecule has 9 heavy (non-hydrogen) atoms. The summed E-state index contributed by atoms with van der Waals surface area (Å²) in [5.41, 5.74) is 5.18. The van der Waals surface area contributed by atoms with Crippen LogP contribution in [0.3, 0.4) is 0 Å². The van der Waals surface area contributed by atoms with Gasteiger partial charge in [0.2, 0.25) is 0 Å². The summed E-state index contributed by atoms with van der Waals surface area (Å²) in [5.74, 6) is 0.461. The maximum atomic E-state index is 5.18. The molecule has 52 valence electrons. The van der Waals surface area contributed by atoms with E-state index in [4.69, 9.17) is 5.73 Å². The molecule has 2 N–H and O–H groups in total. The van der Waals surface area contributed by atoms with Crippen LogP contribution < -0.4 is 5.73 Å². The number of halogens is 2. The fraction of sp³-hybridized carbons (Fsp3) is 0. The second-order valence-corrected chi connectivity index (χ2v) is 1.13. The summed E-state index contributed by atoms with van der Waals surface area (Å²) in [6.45, 7) is 0. The minimum absolute atomic E-state index is 0. The fourth-order valence-corrected chi connectivity index (χ4v) is 0.311. The van der Waals surface area contributed by atoms with Crippen LogP contribution in [0.25, 0.3) is 0 Å². The van der Waals surface area contributed by atoms with E-state index in [1.165, 1.54) is 6.20 Å². The Kier molecular flexibility index (Phi) is 7.01. The lowest BCUT2D eigenvalue weighted by atomic mass is 10.7. The molecule has 0 bridgehead atoms. The van der Waals surface area contributed by atoms with Gasteiger partial charge in [-0.15, -0.1) is 24.8 Å². The van der Waals surface area contributed by atoms with Crippen molar-refractivity contribution in [1.82, 2.24) is 9.97 Å². The van der Waals surface area contributed by atoms with Crippen LogP contribution in [0.4, 0.5) is 5.82 Å². The topological polar surface area (TPSA) is 51.8 Å². The molecule has 0 amide bonds. The van der Waals surface area contributed by atoms with Gasteiger partial charge in [0.25, 0.3) is 0 Å². The first-order chi connectivity index (χ1) is 3.39. The van der Waals surface area contributed by atoms with E-state index in [0.29, 0.717) is 5.82 Å². The molecule has 5 heteroatoms. The van der Waals surface area contributed by atoms with Gasteiger partial charge in [0, 0.05) is 12.4 Å². The highest BCUT2D eigenvalue weighted by Gasteiger charge is 1.74. The molecule has 0 aliphatic carbocycles. The molecule has 0 unspecified atom stereocenters. The van der Waals surface area contributed by atoms with Gasteiger partial charge in [0.05, 0.1) is 6.20 Å². The van der Waals surface area contributed by atoms with Crippen LogP contribution in [0.2, 0.25) is 0 Å². The average molecular weight is 168 g/mol. The zero-order valence-corrected chi connectivity index (χ0v) is 6.15. The molecule has 0 aliphatic heterocycles. The number of nitrogens with two attached hydrogens (primary N) is 1. The first kappa shape index (κ1) is 11.3. The van der Waals surface area contributed by atoms with E-state index in [9.17, 15) is 0 Å². The molecule has 0 fully saturated rings. The van der Waals surface area contributed by atoms with Gasteiger partial charge >= 0.3 is 0 Å². The maximum absolute atomic E-state index is 5.18. The highest BCUT2D eigenvalue weighted by Crippen LogP contribution is 1.84. The molecule has 3 nitrogen and oxygen atoms in total. The van der Waals surface area contributed by atoms with Crippen molar-refractivity contribution in [2.75, 3.05) is 5.73 Å². The lowest BCUT2D eigenvalue weighted by Gasteiger charge is -1.82. The second kappa shape index (κ2) is 5.59. The van der Waals surface area contributed by atoms with E-state index in [1.54, 1.807) is 12.4 Å². The van der Waals surface area contributed by atoms with Crippen molar-refractivity contribution < 1.29 is 0 Å². The smallest absolute Gasteiger partial charge is 0.141 e. The first-order valence-electron chi connectivity index (χ1n) is 1.91. The summed E-state index contributed by atoms with van der Waals surface area (Å²) in [7, 11) is 0. The SMILES string of the molecule is Cl.Cl.Nc1cnccn1. The molecule has 0 radical (unpaired) electrons. The number of nitrogen functional groups attached to an aromatic ring is 1. The number of anilines is 1. The third kappa shape index (κ3) is 4.00. The van der Waals surface area contributed by atoms with Crippen LogP contribution in [-0.2, 0) is 0 Å². The molecule has 1 rings (SSSR count). The molecule has 1 aromatic heterocycles. The van der Waals surface area contributed by atoms with Gasteiger partial charge in [-0.1, -0.05) is 0 Å². The largest absolute Gasteiger partial charge is 0.382 e. The molecule has 0 atom stereocenters. The van der Waals surface area contributed by atoms with Crippen LogP contribution in [0.5, 0.6) is 0 Å². The zero-order valence-electron chi connectivity index (χ0n) is 4.52. The van der Waals surface area contributed by atoms with Crippen molar-refractivity contribution in [3.8, 4) is 0 Å². The van der Waals surface area contributed by atoms with Gasteiger partial charge in [-0.3, -0.25) is 4.98 Å². The summed E-state index contributed by atoms with van der Waals surface area (Å²) in [6.07, 6.45) is 4.63. The summed E-state index contributed by atoms with van der Waals surface area (Å²) in [6, 6.07) is 0. The van der Waals surface area contributed by atoms with E-state index in [2.05, 4.69) is 9.97 Å². The lowest BCUT2D eigenvalue weighted by Crippen LogP contribution is -1.87. The van der Waals surface area contributed by atoms with E-state index in [0.717, 1.165) is 0 Å².